The summed E-state index contributed by atoms with van der Waals surface area (Å²) in [7, 11) is 0. The van der Waals surface area contributed by atoms with Crippen LogP contribution in [0.5, 0.6) is 0 Å². The van der Waals surface area contributed by atoms with Crippen LogP contribution in [0.1, 0.15) is 64.4 Å². The topological polar surface area (TPSA) is 66.5 Å². The minimum Gasteiger partial charge on any atom is -0.355 e. The number of hydrogen-bond acceptors (Lipinski definition) is 3. The van der Waals surface area contributed by atoms with Gasteiger partial charge in [0.2, 0.25) is 5.91 Å². The van der Waals surface area contributed by atoms with Gasteiger partial charge in [-0.2, -0.15) is 0 Å². The molecule has 4 rings (SSSR count). The number of nitrogens with zero attached hydrogens (tertiary/aromatic N) is 1. The Hall–Kier alpha value is -2.95. The van der Waals surface area contributed by atoms with Crippen molar-refractivity contribution in [1.82, 2.24) is 10.2 Å². The summed E-state index contributed by atoms with van der Waals surface area (Å²) < 4.78 is 0. The molecule has 5 nitrogen and oxygen atoms in total. The summed E-state index contributed by atoms with van der Waals surface area (Å²) >= 11 is 0. The zero-order valence-electron chi connectivity index (χ0n) is 19.1. The molecule has 2 aromatic carbocycles. The highest BCUT2D eigenvalue weighted by molar-refractivity contribution is 5.98. The van der Waals surface area contributed by atoms with Crippen LogP contribution in [0.3, 0.4) is 0 Å². The molecule has 0 bridgehead atoms. The number of carbonyl (C=O) groups is 3. The Balaban J connectivity index is 1.37. The number of ketones is 1. The van der Waals surface area contributed by atoms with Crippen LogP contribution in [0.2, 0.25) is 0 Å². The standard InChI is InChI=1S/C27H32N2O3/c1-17(2)23-16-28-26(31)24(23)19-8-10-22(11-9-19)27(32)29-14-12-21(13-15-29)25(30)20-6-4-18(3)5-7-20/h4-11,17,21,23-24H,12-16H2,1-3H3,(H,28,31)/t23?,24-/m0/s1. The first-order valence-electron chi connectivity index (χ1n) is 11.6. The van der Waals surface area contributed by atoms with E-state index in [-0.39, 0.29) is 35.4 Å². The van der Waals surface area contributed by atoms with Crippen molar-refractivity contribution in [2.75, 3.05) is 19.6 Å². The van der Waals surface area contributed by atoms with E-state index in [1.165, 1.54) is 0 Å². The van der Waals surface area contributed by atoms with E-state index in [0.717, 1.165) is 16.7 Å². The van der Waals surface area contributed by atoms with Gasteiger partial charge >= 0.3 is 0 Å². The molecule has 168 valence electrons. The van der Waals surface area contributed by atoms with Crippen LogP contribution in [-0.4, -0.2) is 42.1 Å². The third kappa shape index (κ3) is 4.47. The minimum absolute atomic E-state index is 0.00549. The van der Waals surface area contributed by atoms with E-state index in [2.05, 4.69) is 19.2 Å². The molecule has 1 unspecified atom stereocenters. The molecule has 0 radical (unpaired) electrons. The Labute approximate surface area is 190 Å². The zero-order valence-corrected chi connectivity index (χ0v) is 19.1. The maximum absolute atomic E-state index is 13.0. The molecule has 2 aliphatic heterocycles. The van der Waals surface area contributed by atoms with Crippen LogP contribution in [0.25, 0.3) is 0 Å². The van der Waals surface area contributed by atoms with Gasteiger partial charge < -0.3 is 10.2 Å². The van der Waals surface area contributed by atoms with Crippen molar-refractivity contribution in [3.05, 3.63) is 70.8 Å². The summed E-state index contributed by atoms with van der Waals surface area (Å²) in [5, 5.41) is 2.97. The van der Waals surface area contributed by atoms with E-state index in [9.17, 15) is 14.4 Å². The fourth-order valence-corrected chi connectivity index (χ4v) is 4.97. The number of carbonyl (C=O) groups excluding carboxylic acids is 3. The summed E-state index contributed by atoms with van der Waals surface area (Å²) in [6.07, 6.45) is 1.38. The summed E-state index contributed by atoms with van der Waals surface area (Å²) in [5.74, 6) is 0.743. The fourth-order valence-electron chi connectivity index (χ4n) is 4.97. The SMILES string of the molecule is Cc1ccc(C(=O)C2CCN(C(=O)c3ccc([C@@H]4C(=O)NCC4C(C)C)cc3)CC2)cc1. The smallest absolute Gasteiger partial charge is 0.253 e. The second kappa shape index (κ2) is 9.27. The second-order valence-corrected chi connectivity index (χ2v) is 9.55. The van der Waals surface area contributed by atoms with Crippen molar-refractivity contribution >= 4 is 17.6 Å². The molecule has 32 heavy (non-hydrogen) atoms. The van der Waals surface area contributed by atoms with Crippen molar-refractivity contribution in [2.45, 2.75) is 39.5 Å². The third-order valence-corrected chi connectivity index (χ3v) is 7.08. The number of aryl methyl sites for hydroxylation is 1. The van der Waals surface area contributed by atoms with Crippen LogP contribution in [-0.2, 0) is 4.79 Å². The normalized spacial score (nSPS) is 21.6. The Morgan fingerprint density at radius 1 is 0.938 bits per heavy atom. The molecule has 2 aliphatic rings. The molecule has 0 saturated carbocycles. The molecule has 2 aromatic rings. The molecule has 1 N–H and O–H groups in total. The highest BCUT2D eigenvalue weighted by atomic mass is 16.2. The number of rotatable bonds is 5. The summed E-state index contributed by atoms with van der Waals surface area (Å²) in [4.78, 5) is 40.0. The number of hydrogen-bond donors (Lipinski definition) is 1. The van der Waals surface area contributed by atoms with Crippen molar-refractivity contribution < 1.29 is 14.4 Å². The Bertz CT molecular complexity index is 987. The first-order chi connectivity index (χ1) is 15.3. The molecular weight excluding hydrogens is 400 g/mol. The predicted molar refractivity (Wildman–Crippen MR) is 125 cm³/mol. The van der Waals surface area contributed by atoms with E-state index in [0.29, 0.717) is 44.0 Å². The number of Topliss-reactive ketones (excluding diaryl/α,β-unsaturated/α-hetero) is 1. The van der Waals surface area contributed by atoms with Crippen molar-refractivity contribution in [1.29, 1.82) is 0 Å². The van der Waals surface area contributed by atoms with Gasteiger partial charge in [0.05, 0.1) is 5.92 Å². The van der Waals surface area contributed by atoms with E-state index >= 15 is 0 Å². The quantitative estimate of drug-likeness (QED) is 0.720. The van der Waals surface area contributed by atoms with Gasteiger partial charge in [-0.05, 0) is 49.3 Å². The van der Waals surface area contributed by atoms with Crippen molar-refractivity contribution in [3.8, 4) is 0 Å². The van der Waals surface area contributed by atoms with Crippen LogP contribution in [0.15, 0.2) is 48.5 Å². The molecular formula is C27H32N2O3. The van der Waals surface area contributed by atoms with Crippen LogP contribution in [0.4, 0.5) is 0 Å². The lowest BCUT2D eigenvalue weighted by Crippen LogP contribution is -2.40. The van der Waals surface area contributed by atoms with Gasteiger partial charge in [-0.1, -0.05) is 55.8 Å². The molecule has 0 aliphatic carbocycles. The van der Waals surface area contributed by atoms with Gasteiger partial charge in [0.15, 0.2) is 5.78 Å². The van der Waals surface area contributed by atoms with Crippen molar-refractivity contribution in [2.24, 2.45) is 17.8 Å². The number of likely N-dealkylation sites (tertiary alicyclic amines) is 1. The van der Waals surface area contributed by atoms with Gasteiger partial charge in [0, 0.05) is 36.7 Å². The second-order valence-electron chi connectivity index (χ2n) is 9.55. The van der Waals surface area contributed by atoms with E-state index in [1.54, 1.807) is 0 Å². The fraction of sp³-hybridized carbons (Fsp3) is 0.444. The predicted octanol–water partition coefficient (Wildman–Crippen LogP) is 4.22. The van der Waals surface area contributed by atoms with Gasteiger partial charge in [0.25, 0.3) is 5.91 Å². The first-order valence-corrected chi connectivity index (χ1v) is 11.6. The first kappa shape index (κ1) is 22.3. The summed E-state index contributed by atoms with van der Waals surface area (Å²) in [6, 6.07) is 15.2. The zero-order chi connectivity index (χ0) is 22.8. The maximum Gasteiger partial charge on any atom is 0.253 e. The number of nitrogens with one attached hydrogen (secondary N) is 1. The summed E-state index contributed by atoms with van der Waals surface area (Å²) in [6.45, 7) is 8.17. The molecule has 2 saturated heterocycles. The number of piperidine rings is 1. The Kier molecular flexibility index (Phi) is 6.45. The molecule has 0 spiro atoms. The Morgan fingerprint density at radius 3 is 2.12 bits per heavy atom. The molecule has 2 heterocycles. The summed E-state index contributed by atoms with van der Waals surface area (Å²) in [5.41, 5.74) is 3.50. The van der Waals surface area contributed by atoms with Crippen LogP contribution in [0, 0.1) is 24.7 Å². The monoisotopic (exact) mass is 432 g/mol. The van der Waals surface area contributed by atoms with E-state index in [4.69, 9.17) is 0 Å². The molecule has 5 heteroatoms. The maximum atomic E-state index is 13.0. The lowest BCUT2D eigenvalue weighted by molar-refractivity contribution is -0.120. The molecule has 2 amide bonds. The average molecular weight is 433 g/mol. The highest BCUT2D eigenvalue weighted by Gasteiger charge is 2.37. The average Bonchev–Trinajstić information content (AvgIpc) is 3.20. The van der Waals surface area contributed by atoms with Crippen LogP contribution < -0.4 is 5.32 Å². The minimum atomic E-state index is -0.150. The lowest BCUT2D eigenvalue weighted by atomic mass is 9.81. The molecule has 2 fully saturated rings. The lowest BCUT2D eigenvalue weighted by Gasteiger charge is -2.31. The van der Waals surface area contributed by atoms with Crippen LogP contribution >= 0.6 is 0 Å². The third-order valence-electron chi connectivity index (χ3n) is 7.08. The highest BCUT2D eigenvalue weighted by Crippen LogP contribution is 2.34. The van der Waals surface area contributed by atoms with E-state index in [1.807, 2.05) is 60.4 Å². The largest absolute Gasteiger partial charge is 0.355 e. The van der Waals surface area contributed by atoms with Gasteiger partial charge in [0.1, 0.15) is 0 Å². The molecule has 2 atom stereocenters. The number of benzene rings is 2. The molecule has 0 aromatic heterocycles. The van der Waals surface area contributed by atoms with Gasteiger partial charge in [-0.15, -0.1) is 0 Å². The van der Waals surface area contributed by atoms with Crippen molar-refractivity contribution in [3.63, 3.8) is 0 Å². The van der Waals surface area contributed by atoms with Gasteiger partial charge in [-0.25, -0.2) is 0 Å². The number of amides is 2. The van der Waals surface area contributed by atoms with E-state index < -0.39 is 0 Å². The Morgan fingerprint density at radius 2 is 1.53 bits per heavy atom. The van der Waals surface area contributed by atoms with Gasteiger partial charge in [-0.3, -0.25) is 14.4 Å².